The molecule has 0 aliphatic heterocycles. The number of alkyl halides is 3. The van der Waals surface area contributed by atoms with Gasteiger partial charge in [0.1, 0.15) is 11.4 Å². The minimum atomic E-state index is -4.61. The molecule has 3 aromatic rings. The highest BCUT2D eigenvalue weighted by Gasteiger charge is 2.31. The molecule has 0 radical (unpaired) electrons. The van der Waals surface area contributed by atoms with Crippen molar-refractivity contribution in [2.24, 2.45) is 5.18 Å². The Kier molecular flexibility index (Phi) is 9.67. The summed E-state index contributed by atoms with van der Waals surface area (Å²) in [4.78, 5) is 53.1. The second-order valence-corrected chi connectivity index (χ2v) is 9.16. The molecule has 0 fully saturated rings. The van der Waals surface area contributed by atoms with Gasteiger partial charge in [0.2, 0.25) is 0 Å². The lowest BCUT2D eigenvalue weighted by atomic mass is 9.98. The van der Waals surface area contributed by atoms with E-state index in [4.69, 9.17) is 0 Å². The van der Waals surface area contributed by atoms with Crippen LogP contribution in [0.25, 0.3) is 16.5 Å². The van der Waals surface area contributed by atoms with E-state index < -0.39 is 29.6 Å². The van der Waals surface area contributed by atoms with Gasteiger partial charge in [0, 0.05) is 10.6 Å². The van der Waals surface area contributed by atoms with E-state index in [-0.39, 0.29) is 45.7 Å². The molecule has 11 heteroatoms. The van der Waals surface area contributed by atoms with Crippen molar-refractivity contribution in [2.75, 3.05) is 0 Å². The van der Waals surface area contributed by atoms with Crippen molar-refractivity contribution in [1.29, 1.82) is 0 Å². The number of nitrogens with one attached hydrogen (secondary N) is 1. The van der Waals surface area contributed by atoms with Gasteiger partial charge in [-0.25, -0.2) is 4.98 Å². The Bertz CT molecular complexity index is 1590. The number of nitroso groups, excluding NO2 is 1. The number of halogens is 3. The first-order chi connectivity index (χ1) is 19.3. The van der Waals surface area contributed by atoms with Crippen LogP contribution in [0.15, 0.2) is 83.6 Å². The maximum atomic E-state index is 13.5. The van der Waals surface area contributed by atoms with Crippen LogP contribution in [0, 0.1) is 4.91 Å². The summed E-state index contributed by atoms with van der Waals surface area (Å²) in [5.74, 6) is -2.32. The number of ketones is 1. The van der Waals surface area contributed by atoms with Crippen LogP contribution in [0.4, 0.5) is 13.2 Å². The molecular weight excluding hydrogens is 539 g/mol. The van der Waals surface area contributed by atoms with Crippen LogP contribution in [0.1, 0.15) is 52.7 Å². The van der Waals surface area contributed by atoms with E-state index in [2.05, 4.69) is 15.5 Å². The highest BCUT2D eigenvalue weighted by atomic mass is 19.4. The van der Waals surface area contributed by atoms with Crippen LogP contribution in [-0.2, 0) is 11.2 Å². The fourth-order valence-corrected chi connectivity index (χ4v) is 3.95. The topological polar surface area (TPSA) is 126 Å². The second kappa shape index (κ2) is 12.9. The van der Waals surface area contributed by atoms with Crippen LogP contribution in [0.2, 0.25) is 0 Å². The number of carbonyl (C=O) groups is 3. The van der Waals surface area contributed by atoms with Crippen molar-refractivity contribution in [1.82, 2.24) is 10.3 Å². The average Bonchev–Trinajstić information content (AvgIpc) is 2.93. The summed E-state index contributed by atoms with van der Waals surface area (Å²) in [6.45, 7) is 4.34. The SMILES string of the molecule is C\C=C/C=C(\C=C(/C)c1ccc2nc(C(=O)NC(Cc3ccc(O)cc3)C(C)=O)cc(C(=O)N=O)c2c1)C(F)(F)F. The molecule has 212 valence electrons. The maximum Gasteiger partial charge on any atom is 0.416 e. The first kappa shape index (κ1) is 30.6. The Balaban J connectivity index is 2.02. The number of carbonyl (C=O) groups excluding carboxylic acids is 3. The first-order valence-electron chi connectivity index (χ1n) is 12.3. The number of fused-ring (bicyclic) bond motifs is 1. The van der Waals surface area contributed by atoms with Gasteiger partial charge >= 0.3 is 12.1 Å². The van der Waals surface area contributed by atoms with Gasteiger partial charge in [-0.3, -0.25) is 14.4 Å². The third kappa shape index (κ3) is 7.81. The summed E-state index contributed by atoms with van der Waals surface area (Å²) in [5, 5.41) is 14.6. The number of aromatic nitrogens is 1. The molecule has 0 spiro atoms. The van der Waals surface area contributed by atoms with Gasteiger partial charge in [0.15, 0.2) is 5.78 Å². The summed E-state index contributed by atoms with van der Waals surface area (Å²) in [5.41, 5.74) is -0.120. The second-order valence-electron chi connectivity index (χ2n) is 9.16. The van der Waals surface area contributed by atoms with E-state index in [1.807, 2.05) is 0 Å². The number of pyridine rings is 1. The van der Waals surface area contributed by atoms with E-state index in [0.29, 0.717) is 11.1 Å². The lowest BCUT2D eigenvalue weighted by Gasteiger charge is -2.16. The number of phenolic OH excluding ortho intramolecular Hbond substituents is 1. The Morgan fingerprint density at radius 3 is 2.34 bits per heavy atom. The Morgan fingerprint density at radius 2 is 1.76 bits per heavy atom. The monoisotopic (exact) mass is 565 g/mol. The Hall–Kier alpha value is -4.93. The van der Waals surface area contributed by atoms with Crippen LogP contribution in [0.5, 0.6) is 5.75 Å². The molecule has 2 amide bonds. The van der Waals surface area contributed by atoms with Crippen LogP contribution in [-0.4, -0.2) is 39.9 Å². The fourth-order valence-electron chi connectivity index (χ4n) is 3.95. The van der Waals surface area contributed by atoms with Crippen molar-refractivity contribution in [2.45, 2.75) is 39.4 Å². The van der Waals surface area contributed by atoms with Gasteiger partial charge in [-0.1, -0.05) is 36.4 Å². The lowest BCUT2D eigenvalue weighted by Crippen LogP contribution is -2.41. The number of benzene rings is 2. The van der Waals surface area contributed by atoms with Crippen LogP contribution < -0.4 is 5.32 Å². The number of Topliss-reactive ketones (excluding diaryl/α,β-unsaturated/α-hetero) is 1. The summed E-state index contributed by atoms with van der Waals surface area (Å²) in [7, 11) is 0. The molecule has 0 bridgehead atoms. The molecule has 2 aromatic carbocycles. The number of amides is 2. The lowest BCUT2D eigenvalue weighted by molar-refractivity contribution is -0.118. The van der Waals surface area contributed by atoms with E-state index in [9.17, 15) is 37.6 Å². The zero-order valence-electron chi connectivity index (χ0n) is 22.3. The normalized spacial score (nSPS) is 13.3. The molecule has 0 aliphatic carbocycles. The summed E-state index contributed by atoms with van der Waals surface area (Å²) in [6, 6.07) is 10.4. The van der Waals surface area contributed by atoms with Gasteiger partial charge in [0.05, 0.1) is 22.7 Å². The number of nitrogens with zero attached hydrogens (tertiary/aromatic N) is 2. The maximum absolute atomic E-state index is 13.5. The van der Waals surface area contributed by atoms with Crippen molar-refractivity contribution in [3.8, 4) is 5.75 Å². The molecule has 0 saturated carbocycles. The first-order valence-corrected chi connectivity index (χ1v) is 12.3. The van der Waals surface area contributed by atoms with E-state index >= 15 is 0 Å². The molecular formula is C30H26F3N3O5. The largest absolute Gasteiger partial charge is 0.508 e. The molecule has 8 nitrogen and oxygen atoms in total. The third-order valence-corrected chi connectivity index (χ3v) is 6.15. The zero-order chi connectivity index (χ0) is 30.3. The molecule has 41 heavy (non-hydrogen) atoms. The van der Waals surface area contributed by atoms with E-state index in [1.54, 1.807) is 19.1 Å². The van der Waals surface area contributed by atoms with Crippen LogP contribution >= 0.6 is 0 Å². The van der Waals surface area contributed by atoms with Gasteiger partial charge < -0.3 is 10.4 Å². The molecule has 1 atom stereocenters. The third-order valence-electron chi connectivity index (χ3n) is 6.15. The molecule has 1 aromatic heterocycles. The smallest absolute Gasteiger partial charge is 0.416 e. The van der Waals surface area contributed by atoms with Crippen molar-refractivity contribution in [3.05, 3.63) is 106 Å². The molecule has 2 N–H and O–H groups in total. The van der Waals surface area contributed by atoms with Gasteiger partial charge in [0.25, 0.3) is 5.91 Å². The van der Waals surface area contributed by atoms with Gasteiger partial charge in [-0.05, 0) is 80.3 Å². The summed E-state index contributed by atoms with van der Waals surface area (Å²) < 4.78 is 40.4. The molecule has 0 saturated heterocycles. The summed E-state index contributed by atoms with van der Waals surface area (Å²) >= 11 is 0. The minimum absolute atomic E-state index is 0.0401. The van der Waals surface area contributed by atoms with Gasteiger partial charge in [-0.2, -0.15) is 13.2 Å². The fraction of sp³-hybridized carbons (Fsp3) is 0.200. The Morgan fingerprint density at radius 1 is 1.07 bits per heavy atom. The van der Waals surface area contributed by atoms with E-state index in [1.165, 1.54) is 56.3 Å². The number of aromatic hydroxyl groups is 1. The molecule has 1 unspecified atom stereocenters. The number of phenols is 1. The van der Waals surface area contributed by atoms with Crippen molar-refractivity contribution >= 4 is 34.1 Å². The quantitative estimate of drug-likeness (QED) is 0.234. The number of hydrogen-bond acceptors (Lipinski definition) is 6. The van der Waals surface area contributed by atoms with Crippen molar-refractivity contribution in [3.63, 3.8) is 0 Å². The number of allylic oxidation sites excluding steroid dienone is 6. The Labute approximate surface area is 233 Å². The predicted octanol–water partition coefficient (Wildman–Crippen LogP) is 6.25. The average molecular weight is 566 g/mol. The van der Waals surface area contributed by atoms with E-state index in [0.717, 1.165) is 18.2 Å². The predicted molar refractivity (Wildman–Crippen MR) is 148 cm³/mol. The molecule has 0 aliphatic rings. The molecule has 3 rings (SSSR count). The van der Waals surface area contributed by atoms with Gasteiger partial charge in [-0.15, -0.1) is 4.91 Å². The minimum Gasteiger partial charge on any atom is -0.508 e. The van der Waals surface area contributed by atoms with Crippen molar-refractivity contribution < 1.29 is 32.7 Å². The zero-order valence-corrected chi connectivity index (χ0v) is 22.3. The summed E-state index contributed by atoms with van der Waals surface area (Å²) in [6.07, 6.45) is 0.111. The highest BCUT2D eigenvalue weighted by molar-refractivity contribution is 6.09. The highest BCUT2D eigenvalue weighted by Crippen LogP contribution is 2.31. The number of hydrogen-bond donors (Lipinski definition) is 2. The molecule has 1 heterocycles. The standard InChI is InChI=1S/C30H26F3N3O5/c1-4-5-6-21(30(31,32)33)13-17(2)20-9-12-25-23(15-20)24(28(39)36-41)16-27(34-25)29(40)35-26(18(3)37)14-19-7-10-22(38)11-8-19/h4-13,15-16,26,38H,14H2,1-3H3,(H,35,40)/b5-4-,17-13+,21-6+. The number of rotatable bonds is 9. The van der Waals surface area contributed by atoms with Crippen LogP contribution in [0.3, 0.4) is 0 Å².